The number of alkyl carbamates (subject to hydrolysis) is 1. The zero-order valence-corrected chi connectivity index (χ0v) is 25.1. The summed E-state index contributed by atoms with van der Waals surface area (Å²) in [5, 5.41) is 27.0. The van der Waals surface area contributed by atoms with Crippen molar-refractivity contribution in [2.45, 2.75) is 70.5 Å². The third-order valence-corrected chi connectivity index (χ3v) is 8.42. The Labute approximate surface area is 252 Å². The summed E-state index contributed by atoms with van der Waals surface area (Å²) in [5.74, 6) is -2.51. The molecule has 0 unspecified atom stereocenters. The number of carbonyl (C=O) groups is 3. The van der Waals surface area contributed by atoms with Gasteiger partial charge in [-0.3, -0.25) is 14.6 Å². The van der Waals surface area contributed by atoms with E-state index >= 15 is 0 Å². The Morgan fingerprint density at radius 3 is 2.44 bits per heavy atom. The number of hydrogen-bond donors (Lipinski definition) is 3. The first-order valence-electron chi connectivity index (χ1n) is 14.1. The van der Waals surface area contributed by atoms with Crippen LogP contribution in [0.2, 0.25) is 0 Å². The van der Waals surface area contributed by atoms with Crippen LogP contribution in [-0.2, 0) is 25.6 Å². The fraction of sp³-hybridized carbons (Fsp3) is 0.467. The van der Waals surface area contributed by atoms with E-state index in [4.69, 9.17) is 9.57 Å². The fourth-order valence-electron chi connectivity index (χ4n) is 5.27. The topological polar surface area (TPSA) is 170 Å². The lowest BCUT2D eigenvalue weighted by Gasteiger charge is -2.31. The molecule has 2 aromatic heterocycles. The highest BCUT2D eigenvalue weighted by Gasteiger charge is 2.33. The van der Waals surface area contributed by atoms with Crippen LogP contribution in [0.1, 0.15) is 63.5 Å². The van der Waals surface area contributed by atoms with Crippen LogP contribution in [0.5, 0.6) is 0 Å². The quantitative estimate of drug-likeness (QED) is 0.185. The van der Waals surface area contributed by atoms with Gasteiger partial charge in [-0.05, 0) is 87.4 Å². The van der Waals surface area contributed by atoms with Gasteiger partial charge >= 0.3 is 12.1 Å². The Morgan fingerprint density at radius 2 is 1.84 bits per heavy atom. The molecular formula is C30H36N4O8S. The maximum Gasteiger partial charge on any atom is 0.407 e. The number of aromatic nitrogens is 1. The van der Waals surface area contributed by atoms with Crippen molar-refractivity contribution >= 4 is 44.4 Å². The van der Waals surface area contributed by atoms with Crippen molar-refractivity contribution in [1.82, 2.24) is 10.3 Å². The normalized spacial score (nSPS) is 18.3. The first-order valence-corrected chi connectivity index (χ1v) is 14.9. The first kappa shape index (κ1) is 31.7. The van der Waals surface area contributed by atoms with Crippen LogP contribution in [-0.4, -0.2) is 51.4 Å². The van der Waals surface area contributed by atoms with Crippen molar-refractivity contribution < 1.29 is 34.2 Å². The average molecular weight is 613 g/mol. The average Bonchev–Trinajstić information content (AvgIpc) is 3.34. The molecule has 230 valence electrons. The van der Waals surface area contributed by atoms with E-state index in [9.17, 15) is 29.6 Å². The molecule has 1 aliphatic carbocycles. The van der Waals surface area contributed by atoms with Crippen molar-refractivity contribution in [3.05, 3.63) is 70.0 Å². The molecule has 0 aliphatic heterocycles. The number of rotatable bonds is 11. The Kier molecular flexibility index (Phi) is 10.2. The van der Waals surface area contributed by atoms with Crippen molar-refractivity contribution in [2.75, 3.05) is 11.9 Å². The lowest BCUT2D eigenvalue weighted by molar-refractivity contribution is -0.770. The van der Waals surface area contributed by atoms with Crippen LogP contribution in [0.4, 0.5) is 9.80 Å². The molecule has 1 aliphatic rings. The minimum absolute atomic E-state index is 0.0214. The third kappa shape index (κ3) is 9.11. The van der Waals surface area contributed by atoms with Crippen molar-refractivity contribution in [3.63, 3.8) is 0 Å². The Hall–Kier alpha value is -4.26. The summed E-state index contributed by atoms with van der Waals surface area (Å²) in [4.78, 5) is 57.6. The molecule has 1 aromatic carbocycles. The number of carboxylic acid groups (broad SMARTS) is 1. The molecule has 13 heteroatoms. The zero-order valence-electron chi connectivity index (χ0n) is 24.3. The van der Waals surface area contributed by atoms with E-state index in [1.165, 1.54) is 11.3 Å². The molecule has 2 amide bonds. The third-order valence-electron chi connectivity index (χ3n) is 7.42. The van der Waals surface area contributed by atoms with Crippen LogP contribution in [0.3, 0.4) is 0 Å². The maximum absolute atomic E-state index is 13.5. The standard InChI is InChI=1S/C30H36N4O8S/c1-30(2,3)41-29(38)32-16-23(27(35)33-26-15-22-12-13-31-17-25(22)43-26)19-6-4-18(5-7-19)14-24(42-34(39)40)20-8-10-21(11-9-20)28(36)37/h4-7,12-13,15,17,20-21,23-24H,8-11,14,16H2,1-3H3,(H,32,38)(H,33,35)(H,36,37)/t20?,21?,23-,24+/m1/s1. The molecule has 12 nitrogen and oxygen atoms in total. The van der Waals surface area contributed by atoms with Crippen LogP contribution in [0.15, 0.2) is 48.8 Å². The molecule has 4 rings (SSSR count). The van der Waals surface area contributed by atoms with Gasteiger partial charge in [0.15, 0.2) is 0 Å². The number of nitrogens with zero attached hydrogens (tertiary/aromatic N) is 2. The molecule has 0 bridgehead atoms. The van der Waals surface area contributed by atoms with Gasteiger partial charge in [0.05, 0.1) is 21.5 Å². The number of nitrogens with one attached hydrogen (secondary N) is 2. The lowest BCUT2D eigenvalue weighted by Crippen LogP contribution is -2.37. The van der Waals surface area contributed by atoms with Gasteiger partial charge in [-0.1, -0.05) is 24.3 Å². The number of ether oxygens (including phenoxy) is 1. The summed E-state index contributed by atoms with van der Waals surface area (Å²) in [7, 11) is 0. The number of aliphatic carboxylic acids is 1. The largest absolute Gasteiger partial charge is 0.481 e. The molecule has 1 fully saturated rings. The van der Waals surface area contributed by atoms with Crippen molar-refractivity contribution in [1.29, 1.82) is 0 Å². The van der Waals surface area contributed by atoms with E-state index in [1.54, 1.807) is 57.4 Å². The molecule has 2 atom stereocenters. The number of anilines is 1. The van der Waals surface area contributed by atoms with E-state index in [1.807, 2.05) is 12.1 Å². The number of pyridine rings is 1. The number of carbonyl (C=O) groups excluding carboxylic acids is 2. The summed E-state index contributed by atoms with van der Waals surface area (Å²) in [5.41, 5.74) is 0.699. The maximum atomic E-state index is 13.5. The van der Waals surface area contributed by atoms with Gasteiger partial charge in [0.1, 0.15) is 11.7 Å². The number of thiophene rings is 1. The van der Waals surface area contributed by atoms with E-state index in [2.05, 4.69) is 15.6 Å². The summed E-state index contributed by atoms with van der Waals surface area (Å²) >= 11 is 1.39. The lowest BCUT2D eigenvalue weighted by atomic mass is 9.78. The van der Waals surface area contributed by atoms with Gasteiger partial charge in [0.2, 0.25) is 5.91 Å². The second-order valence-electron chi connectivity index (χ2n) is 11.7. The SMILES string of the molecule is CC(C)(C)OC(=O)NC[C@@H](C(=O)Nc1cc2ccncc2s1)c1ccc(C[C@H](O[N+](=O)[O-])C2CCC(C(=O)O)CC2)cc1. The van der Waals surface area contributed by atoms with E-state index in [0.717, 1.165) is 15.6 Å². The summed E-state index contributed by atoms with van der Waals surface area (Å²) < 4.78 is 6.27. The Balaban J connectivity index is 1.49. The Morgan fingerprint density at radius 1 is 1.14 bits per heavy atom. The number of benzene rings is 1. The van der Waals surface area contributed by atoms with Crippen LogP contribution < -0.4 is 10.6 Å². The molecule has 3 aromatic rings. The molecule has 0 radical (unpaired) electrons. The first-order chi connectivity index (χ1) is 20.4. The van der Waals surface area contributed by atoms with Gasteiger partial charge in [0, 0.05) is 18.9 Å². The van der Waals surface area contributed by atoms with E-state index < -0.39 is 40.7 Å². The molecule has 1 saturated carbocycles. The summed E-state index contributed by atoms with van der Waals surface area (Å²) in [6.07, 6.45) is 4.26. The Bertz CT molecular complexity index is 1410. The molecule has 2 heterocycles. The minimum atomic E-state index is -0.843. The smallest absolute Gasteiger partial charge is 0.407 e. The van der Waals surface area contributed by atoms with Crippen molar-refractivity contribution in [3.8, 4) is 0 Å². The second-order valence-corrected chi connectivity index (χ2v) is 12.8. The highest BCUT2D eigenvalue weighted by molar-refractivity contribution is 7.22. The zero-order chi connectivity index (χ0) is 31.1. The predicted octanol–water partition coefficient (Wildman–Crippen LogP) is 5.55. The highest BCUT2D eigenvalue weighted by Crippen LogP contribution is 2.34. The van der Waals surface area contributed by atoms with Gasteiger partial charge < -0.3 is 25.3 Å². The monoisotopic (exact) mass is 612 g/mol. The number of fused-ring (bicyclic) bond motifs is 1. The molecule has 0 saturated heterocycles. The van der Waals surface area contributed by atoms with Gasteiger partial charge in [-0.25, -0.2) is 4.79 Å². The molecular weight excluding hydrogens is 576 g/mol. The predicted molar refractivity (Wildman–Crippen MR) is 160 cm³/mol. The second kappa shape index (κ2) is 13.8. The van der Waals surface area contributed by atoms with Crippen molar-refractivity contribution in [2.24, 2.45) is 11.8 Å². The fourth-order valence-corrected chi connectivity index (χ4v) is 6.21. The van der Waals surface area contributed by atoms with Gasteiger partial charge in [-0.2, -0.15) is 0 Å². The molecule has 0 spiro atoms. The summed E-state index contributed by atoms with van der Waals surface area (Å²) in [6.45, 7) is 5.23. The van der Waals surface area contributed by atoms with Gasteiger partial charge in [0.25, 0.3) is 5.09 Å². The number of amides is 2. The van der Waals surface area contributed by atoms with E-state index in [0.29, 0.717) is 36.2 Å². The van der Waals surface area contributed by atoms with Crippen LogP contribution in [0, 0.1) is 22.0 Å². The molecule has 3 N–H and O–H groups in total. The number of hydrogen-bond acceptors (Lipinski definition) is 9. The van der Waals surface area contributed by atoms with E-state index in [-0.39, 0.29) is 24.8 Å². The van der Waals surface area contributed by atoms with Gasteiger partial charge in [-0.15, -0.1) is 21.5 Å². The molecule has 43 heavy (non-hydrogen) atoms. The highest BCUT2D eigenvalue weighted by atomic mass is 32.1. The minimum Gasteiger partial charge on any atom is -0.481 e. The number of carboxylic acids is 1. The summed E-state index contributed by atoms with van der Waals surface area (Å²) in [6, 6.07) is 10.8. The van der Waals surface area contributed by atoms with Crippen LogP contribution >= 0.6 is 11.3 Å². The van der Waals surface area contributed by atoms with Crippen LogP contribution in [0.25, 0.3) is 10.1 Å².